The second-order valence-electron chi connectivity index (χ2n) is 6.06. The average Bonchev–Trinajstić information content (AvgIpc) is 3.14. The van der Waals surface area contributed by atoms with Crippen LogP contribution < -0.4 is 10.1 Å². The topological polar surface area (TPSA) is 91.8 Å². The number of hydrogen-bond donors (Lipinski definition) is 2. The number of aliphatic carboxylic acids is 1. The van der Waals surface area contributed by atoms with E-state index in [1.165, 1.54) is 0 Å². The minimum Gasteiger partial charge on any atom is -0.494 e. The molecule has 1 aliphatic rings. The molecule has 0 saturated carbocycles. The Kier molecular flexibility index (Phi) is 5.36. The highest BCUT2D eigenvalue weighted by molar-refractivity contribution is 5.99. The number of carbonyl (C=O) groups excluding carboxylic acids is 1. The molecule has 1 aliphatic heterocycles. The number of anilines is 2. The third-order valence-electron chi connectivity index (χ3n) is 4.29. The number of likely N-dealkylation sites (tertiary alicyclic amines) is 1. The van der Waals surface area contributed by atoms with Crippen LogP contribution >= 0.6 is 0 Å². The molecule has 1 aromatic heterocycles. The Balaban J connectivity index is 1.75. The molecule has 26 heavy (non-hydrogen) atoms. The molecule has 1 atom stereocenters. The van der Waals surface area contributed by atoms with Gasteiger partial charge in [-0.1, -0.05) is 0 Å². The van der Waals surface area contributed by atoms with Gasteiger partial charge in [-0.3, -0.25) is 9.59 Å². The molecular formula is C19H21N3O4. The van der Waals surface area contributed by atoms with Crippen LogP contribution in [0.4, 0.5) is 11.5 Å². The molecule has 136 valence electrons. The predicted octanol–water partition coefficient (Wildman–Crippen LogP) is 2.77. The van der Waals surface area contributed by atoms with E-state index in [0.29, 0.717) is 31.0 Å². The lowest BCUT2D eigenvalue weighted by Crippen LogP contribution is -2.30. The van der Waals surface area contributed by atoms with Crippen molar-refractivity contribution < 1.29 is 19.4 Å². The van der Waals surface area contributed by atoms with Crippen molar-refractivity contribution in [2.75, 3.05) is 25.0 Å². The molecule has 1 aromatic carbocycles. The highest BCUT2D eigenvalue weighted by Crippen LogP contribution is 2.24. The normalized spacial score (nSPS) is 16.3. The summed E-state index contributed by atoms with van der Waals surface area (Å²) in [6.45, 7) is 3.18. The fraction of sp³-hybridized carbons (Fsp3) is 0.316. The van der Waals surface area contributed by atoms with Gasteiger partial charge in [0.1, 0.15) is 11.6 Å². The van der Waals surface area contributed by atoms with Crippen LogP contribution in [0.5, 0.6) is 5.75 Å². The summed E-state index contributed by atoms with van der Waals surface area (Å²) in [6, 6.07) is 10.8. The van der Waals surface area contributed by atoms with Gasteiger partial charge in [-0.2, -0.15) is 0 Å². The molecular weight excluding hydrogens is 334 g/mol. The number of nitrogens with one attached hydrogen (secondary N) is 1. The van der Waals surface area contributed by atoms with Crippen molar-refractivity contribution in [1.82, 2.24) is 9.88 Å². The summed E-state index contributed by atoms with van der Waals surface area (Å²) in [7, 11) is 0. The van der Waals surface area contributed by atoms with Crippen LogP contribution in [-0.2, 0) is 4.79 Å². The fourth-order valence-electron chi connectivity index (χ4n) is 2.93. The molecule has 1 unspecified atom stereocenters. The first-order valence-electron chi connectivity index (χ1n) is 8.55. The maximum Gasteiger partial charge on any atom is 0.308 e. The molecule has 7 heteroatoms. The first-order valence-corrected chi connectivity index (χ1v) is 8.55. The van der Waals surface area contributed by atoms with Gasteiger partial charge in [-0.05, 0) is 49.7 Å². The number of hydrogen-bond acceptors (Lipinski definition) is 5. The van der Waals surface area contributed by atoms with Gasteiger partial charge in [0.25, 0.3) is 5.91 Å². The van der Waals surface area contributed by atoms with Gasteiger partial charge < -0.3 is 20.1 Å². The molecule has 1 fully saturated rings. The molecule has 2 heterocycles. The lowest BCUT2D eigenvalue weighted by atomic mass is 10.1. The Morgan fingerprint density at radius 1 is 1.31 bits per heavy atom. The summed E-state index contributed by atoms with van der Waals surface area (Å²) < 4.78 is 5.42. The van der Waals surface area contributed by atoms with E-state index in [2.05, 4.69) is 10.3 Å². The van der Waals surface area contributed by atoms with E-state index in [4.69, 9.17) is 9.84 Å². The molecule has 0 radical (unpaired) electrons. The predicted molar refractivity (Wildman–Crippen MR) is 96.8 cm³/mol. The Labute approximate surface area is 151 Å². The van der Waals surface area contributed by atoms with E-state index in [9.17, 15) is 9.59 Å². The van der Waals surface area contributed by atoms with Crippen molar-refractivity contribution in [3.05, 3.63) is 48.2 Å². The summed E-state index contributed by atoms with van der Waals surface area (Å²) in [6.07, 6.45) is 2.08. The van der Waals surface area contributed by atoms with Crippen LogP contribution in [0.3, 0.4) is 0 Å². The number of carbonyl (C=O) groups is 2. The van der Waals surface area contributed by atoms with E-state index in [-0.39, 0.29) is 12.5 Å². The van der Waals surface area contributed by atoms with Crippen molar-refractivity contribution >= 4 is 23.4 Å². The van der Waals surface area contributed by atoms with Gasteiger partial charge in [-0.25, -0.2) is 4.98 Å². The zero-order valence-electron chi connectivity index (χ0n) is 14.5. The molecule has 2 aromatic rings. The summed E-state index contributed by atoms with van der Waals surface area (Å²) in [5.41, 5.74) is 1.21. The summed E-state index contributed by atoms with van der Waals surface area (Å²) in [5.74, 6) is -0.361. The van der Waals surface area contributed by atoms with Gasteiger partial charge in [0, 0.05) is 25.0 Å². The van der Waals surface area contributed by atoms with Crippen molar-refractivity contribution in [2.45, 2.75) is 13.3 Å². The van der Waals surface area contributed by atoms with E-state index < -0.39 is 11.9 Å². The van der Waals surface area contributed by atoms with Crippen molar-refractivity contribution in [2.24, 2.45) is 5.92 Å². The second-order valence-corrected chi connectivity index (χ2v) is 6.06. The largest absolute Gasteiger partial charge is 0.494 e. The third kappa shape index (κ3) is 3.93. The number of ether oxygens (including phenoxy) is 1. The lowest BCUT2D eigenvalue weighted by molar-refractivity contribution is -0.141. The molecule has 1 saturated heterocycles. The van der Waals surface area contributed by atoms with E-state index in [0.717, 1.165) is 11.4 Å². The van der Waals surface area contributed by atoms with Crippen LogP contribution in [0.15, 0.2) is 42.6 Å². The summed E-state index contributed by atoms with van der Waals surface area (Å²) in [4.78, 5) is 29.8. The Bertz CT molecular complexity index is 792. The molecule has 0 spiro atoms. The van der Waals surface area contributed by atoms with Gasteiger partial charge in [0.05, 0.1) is 18.1 Å². The van der Waals surface area contributed by atoms with Crippen LogP contribution in [0, 0.1) is 5.92 Å². The van der Waals surface area contributed by atoms with Crippen molar-refractivity contribution in [3.8, 4) is 5.75 Å². The number of nitrogens with zero attached hydrogens (tertiary/aromatic N) is 2. The first-order chi connectivity index (χ1) is 12.6. The number of benzene rings is 1. The zero-order chi connectivity index (χ0) is 18.5. The quantitative estimate of drug-likeness (QED) is 0.828. The number of carboxylic acids is 1. The number of rotatable bonds is 6. The second kappa shape index (κ2) is 7.86. The molecule has 2 N–H and O–H groups in total. The van der Waals surface area contributed by atoms with Crippen LogP contribution in [0.25, 0.3) is 0 Å². The average molecular weight is 355 g/mol. The summed E-state index contributed by atoms with van der Waals surface area (Å²) in [5, 5.41) is 12.3. The molecule has 7 nitrogen and oxygen atoms in total. The first kappa shape index (κ1) is 17.7. The molecule has 3 rings (SSSR count). The molecule has 1 amide bonds. The molecule has 0 aliphatic carbocycles. The Hall–Kier alpha value is -3.09. The lowest BCUT2D eigenvalue weighted by Gasteiger charge is -2.18. The summed E-state index contributed by atoms with van der Waals surface area (Å²) >= 11 is 0. The van der Waals surface area contributed by atoms with Gasteiger partial charge in [0.2, 0.25) is 0 Å². The van der Waals surface area contributed by atoms with Gasteiger partial charge in [-0.15, -0.1) is 0 Å². The zero-order valence-corrected chi connectivity index (χ0v) is 14.5. The molecule has 0 bridgehead atoms. The monoisotopic (exact) mass is 355 g/mol. The van der Waals surface area contributed by atoms with E-state index in [1.807, 2.05) is 31.2 Å². The number of amides is 1. The maximum absolute atomic E-state index is 12.8. The fourth-order valence-corrected chi connectivity index (χ4v) is 2.93. The minimum absolute atomic E-state index is 0.213. The van der Waals surface area contributed by atoms with Crippen molar-refractivity contribution in [1.29, 1.82) is 0 Å². The van der Waals surface area contributed by atoms with Crippen LogP contribution in [-0.4, -0.2) is 46.6 Å². The SMILES string of the molecule is CCOc1ccc(Nc2ncccc2C(=O)N2CCC(C(=O)O)C2)cc1. The third-order valence-corrected chi connectivity index (χ3v) is 4.29. The Morgan fingerprint density at radius 2 is 2.08 bits per heavy atom. The number of pyridine rings is 1. The Morgan fingerprint density at radius 3 is 2.73 bits per heavy atom. The van der Waals surface area contributed by atoms with E-state index in [1.54, 1.807) is 23.2 Å². The van der Waals surface area contributed by atoms with Crippen molar-refractivity contribution in [3.63, 3.8) is 0 Å². The van der Waals surface area contributed by atoms with Crippen LogP contribution in [0.2, 0.25) is 0 Å². The van der Waals surface area contributed by atoms with E-state index >= 15 is 0 Å². The maximum atomic E-state index is 12.8. The highest BCUT2D eigenvalue weighted by atomic mass is 16.5. The van der Waals surface area contributed by atoms with Crippen LogP contribution in [0.1, 0.15) is 23.7 Å². The standard InChI is InChI=1S/C19H21N3O4/c1-2-26-15-7-5-14(6-8-15)21-17-16(4-3-10-20-17)18(23)22-11-9-13(12-22)19(24)25/h3-8,10,13H,2,9,11-12H2,1H3,(H,20,21)(H,24,25). The van der Waals surface area contributed by atoms with Gasteiger partial charge >= 0.3 is 5.97 Å². The number of aromatic nitrogens is 1. The smallest absolute Gasteiger partial charge is 0.308 e. The van der Waals surface area contributed by atoms with Gasteiger partial charge in [0.15, 0.2) is 0 Å². The number of carboxylic acid groups (broad SMARTS) is 1. The minimum atomic E-state index is -0.862. The highest BCUT2D eigenvalue weighted by Gasteiger charge is 2.32.